The molecule has 0 bridgehead atoms. The van der Waals surface area contributed by atoms with Crippen molar-refractivity contribution >= 4 is 29.1 Å². The van der Waals surface area contributed by atoms with E-state index in [0.717, 1.165) is 11.7 Å². The van der Waals surface area contributed by atoms with Gasteiger partial charge in [0.2, 0.25) is 0 Å². The summed E-state index contributed by atoms with van der Waals surface area (Å²) in [5, 5.41) is 7.23. The summed E-state index contributed by atoms with van der Waals surface area (Å²) < 4.78 is 0.489. The topological polar surface area (TPSA) is 24.1 Å². The SMILES string of the molecule is CSC1(CNC(=S)NC(C)C)CC1. The summed E-state index contributed by atoms with van der Waals surface area (Å²) in [4.78, 5) is 0. The van der Waals surface area contributed by atoms with Crippen molar-refractivity contribution in [2.24, 2.45) is 0 Å². The van der Waals surface area contributed by atoms with E-state index in [0.29, 0.717) is 10.8 Å². The van der Waals surface area contributed by atoms with Crippen molar-refractivity contribution in [1.29, 1.82) is 0 Å². The van der Waals surface area contributed by atoms with Crippen molar-refractivity contribution in [3.8, 4) is 0 Å². The molecule has 0 heterocycles. The lowest BCUT2D eigenvalue weighted by atomic mass is 10.4. The minimum absolute atomic E-state index is 0.421. The van der Waals surface area contributed by atoms with Gasteiger partial charge in [0.15, 0.2) is 5.11 Å². The molecule has 2 N–H and O–H groups in total. The molecule has 1 saturated carbocycles. The molecule has 0 atom stereocenters. The molecule has 0 aromatic carbocycles. The second-order valence-electron chi connectivity index (χ2n) is 3.87. The third kappa shape index (κ3) is 3.73. The van der Waals surface area contributed by atoms with Crippen molar-refractivity contribution in [1.82, 2.24) is 10.6 Å². The maximum Gasteiger partial charge on any atom is 0.166 e. The fourth-order valence-electron chi connectivity index (χ4n) is 1.15. The van der Waals surface area contributed by atoms with E-state index >= 15 is 0 Å². The summed E-state index contributed by atoms with van der Waals surface area (Å²) >= 11 is 7.09. The maximum absolute atomic E-state index is 5.14. The fraction of sp³-hybridized carbons (Fsp3) is 0.889. The second kappa shape index (κ2) is 4.51. The van der Waals surface area contributed by atoms with E-state index in [-0.39, 0.29) is 0 Å². The molecule has 76 valence electrons. The minimum Gasteiger partial charge on any atom is -0.361 e. The van der Waals surface area contributed by atoms with E-state index in [1.54, 1.807) is 0 Å². The van der Waals surface area contributed by atoms with Crippen LogP contribution in [0.4, 0.5) is 0 Å². The average molecular weight is 218 g/mol. The summed E-state index contributed by atoms with van der Waals surface area (Å²) in [5.41, 5.74) is 0. The number of hydrogen-bond donors (Lipinski definition) is 2. The monoisotopic (exact) mass is 218 g/mol. The largest absolute Gasteiger partial charge is 0.361 e. The molecule has 1 rings (SSSR count). The molecule has 4 heteroatoms. The predicted octanol–water partition coefficient (Wildman–Crippen LogP) is 1.75. The molecule has 1 aliphatic carbocycles. The molecule has 1 fully saturated rings. The standard InChI is InChI=1S/C9H18N2S2/c1-7(2)11-8(12)10-6-9(13-3)4-5-9/h7H,4-6H2,1-3H3,(H2,10,11,12). The Bertz CT molecular complexity index is 188. The Morgan fingerprint density at radius 3 is 2.54 bits per heavy atom. The highest BCUT2D eigenvalue weighted by atomic mass is 32.2. The van der Waals surface area contributed by atoms with E-state index in [2.05, 4.69) is 30.7 Å². The van der Waals surface area contributed by atoms with E-state index < -0.39 is 0 Å². The van der Waals surface area contributed by atoms with Crippen molar-refractivity contribution in [2.75, 3.05) is 12.8 Å². The first-order valence-corrected chi connectivity index (χ1v) is 6.31. The van der Waals surface area contributed by atoms with E-state index in [1.165, 1.54) is 12.8 Å². The molecule has 0 aromatic heterocycles. The van der Waals surface area contributed by atoms with Gasteiger partial charge in [-0.1, -0.05) is 0 Å². The van der Waals surface area contributed by atoms with Crippen molar-refractivity contribution in [3.05, 3.63) is 0 Å². The lowest BCUT2D eigenvalue weighted by molar-refractivity contribution is 0.704. The van der Waals surface area contributed by atoms with Gasteiger partial charge in [-0.3, -0.25) is 0 Å². The van der Waals surface area contributed by atoms with Crippen LogP contribution in [0.3, 0.4) is 0 Å². The van der Waals surface area contributed by atoms with Crippen LogP contribution < -0.4 is 10.6 Å². The van der Waals surface area contributed by atoms with Crippen LogP contribution >= 0.6 is 24.0 Å². The number of hydrogen-bond acceptors (Lipinski definition) is 2. The Morgan fingerprint density at radius 2 is 2.15 bits per heavy atom. The smallest absolute Gasteiger partial charge is 0.166 e. The Morgan fingerprint density at radius 1 is 1.54 bits per heavy atom. The van der Waals surface area contributed by atoms with Gasteiger partial charge >= 0.3 is 0 Å². The lowest BCUT2D eigenvalue weighted by Crippen LogP contribution is -2.42. The zero-order chi connectivity index (χ0) is 9.90. The molecular formula is C9H18N2S2. The highest BCUT2D eigenvalue weighted by Gasteiger charge is 2.41. The van der Waals surface area contributed by atoms with E-state index in [9.17, 15) is 0 Å². The van der Waals surface area contributed by atoms with Crippen molar-refractivity contribution in [3.63, 3.8) is 0 Å². The Balaban J connectivity index is 2.15. The number of thiocarbonyl (C=S) groups is 1. The number of thioether (sulfide) groups is 1. The van der Waals surface area contributed by atoms with Crippen LogP contribution in [0.25, 0.3) is 0 Å². The summed E-state index contributed by atoms with van der Waals surface area (Å²) in [7, 11) is 0. The molecule has 2 nitrogen and oxygen atoms in total. The van der Waals surface area contributed by atoms with Crippen LogP contribution in [-0.2, 0) is 0 Å². The molecule has 0 aromatic rings. The predicted molar refractivity (Wildman–Crippen MR) is 64.4 cm³/mol. The fourth-order valence-corrected chi connectivity index (χ4v) is 2.18. The Hall–Kier alpha value is 0.0400. The molecule has 0 saturated heterocycles. The first kappa shape index (κ1) is 11.1. The number of nitrogens with one attached hydrogen (secondary N) is 2. The normalized spacial score (nSPS) is 18.5. The van der Waals surface area contributed by atoms with Gasteiger partial charge in [0.05, 0.1) is 0 Å². The molecule has 0 spiro atoms. The van der Waals surface area contributed by atoms with Crippen LogP contribution in [-0.4, -0.2) is 28.7 Å². The Kier molecular flexibility index (Phi) is 3.86. The van der Waals surface area contributed by atoms with Crippen LogP contribution in [0.5, 0.6) is 0 Å². The van der Waals surface area contributed by atoms with Crippen LogP contribution in [0.1, 0.15) is 26.7 Å². The Labute approximate surface area is 90.2 Å². The molecule has 0 unspecified atom stereocenters. The van der Waals surface area contributed by atoms with Gasteiger partial charge < -0.3 is 10.6 Å². The summed E-state index contributed by atoms with van der Waals surface area (Å²) in [6, 6.07) is 0.421. The van der Waals surface area contributed by atoms with Gasteiger partial charge in [0.25, 0.3) is 0 Å². The molecule has 13 heavy (non-hydrogen) atoms. The molecular weight excluding hydrogens is 200 g/mol. The average Bonchev–Trinajstić information content (AvgIpc) is 2.80. The zero-order valence-corrected chi connectivity index (χ0v) is 10.1. The van der Waals surface area contributed by atoms with Gasteiger partial charge in [0, 0.05) is 17.3 Å². The lowest BCUT2D eigenvalue weighted by Gasteiger charge is -2.17. The first-order chi connectivity index (χ1) is 6.08. The highest BCUT2D eigenvalue weighted by molar-refractivity contribution is 8.00. The molecule has 0 amide bonds. The quantitative estimate of drug-likeness (QED) is 0.702. The molecule has 0 radical (unpaired) electrons. The highest BCUT2D eigenvalue weighted by Crippen LogP contribution is 2.46. The minimum atomic E-state index is 0.421. The maximum atomic E-state index is 5.14. The number of rotatable bonds is 4. The van der Waals surface area contributed by atoms with Crippen LogP contribution in [0.15, 0.2) is 0 Å². The summed E-state index contributed by atoms with van der Waals surface area (Å²) in [6.07, 6.45) is 4.82. The van der Waals surface area contributed by atoms with Gasteiger partial charge in [-0.15, -0.1) is 0 Å². The third-order valence-corrected chi connectivity index (χ3v) is 3.91. The molecule has 0 aliphatic heterocycles. The molecule has 1 aliphatic rings. The van der Waals surface area contributed by atoms with Gasteiger partial charge in [-0.25, -0.2) is 0 Å². The van der Waals surface area contributed by atoms with Crippen molar-refractivity contribution < 1.29 is 0 Å². The van der Waals surface area contributed by atoms with Gasteiger partial charge in [-0.05, 0) is 45.2 Å². The second-order valence-corrected chi connectivity index (χ2v) is 5.55. The van der Waals surface area contributed by atoms with E-state index in [4.69, 9.17) is 12.2 Å². The summed E-state index contributed by atoms with van der Waals surface area (Å²) in [5.74, 6) is 0. The first-order valence-electron chi connectivity index (χ1n) is 4.67. The van der Waals surface area contributed by atoms with Gasteiger partial charge in [0.1, 0.15) is 0 Å². The van der Waals surface area contributed by atoms with E-state index in [1.807, 2.05) is 11.8 Å². The zero-order valence-electron chi connectivity index (χ0n) is 8.52. The van der Waals surface area contributed by atoms with Crippen LogP contribution in [0, 0.1) is 0 Å². The van der Waals surface area contributed by atoms with Gasteiger partial charge in [-0.2, -0.15) is 11.8 Å². The van der Waals surface area contributed by atoms with Crippen LogP contribution in [0.2, 0.25) is 0 Å². The van der Waals surface area contributed by atoms with Crippen molar-refractivity contribution in [2.45, 2.75) is 37.5 Å². The summed E-state index contributed by atoms with van der Waals surface area (Å²) in [6.45, 7) is 5.19. The third-order valence-electron chi connectivity index (χ3n) is 2.23.